The minimum Gasteiger partial charge on any atom is -0.409 e. The van der Waals surface area contributed by atoms with Crippen molar-refractivity contribution in [3.8, 4) is 0 Å². The van der Waals surface area contributed by atoms with Gasteiger partial charge in [0.2, 0.25) is 0 Å². The Hall–Kier alpha value is -1.56. The standard InChI is InChI=1S/C13H18BrN3O2/c1-3-10(7-12(15)17-19)16-13(18)9-4-5-11(14)8(2)6-9/h4-6,10,19H,3,7H2,1-2H3,(H2,15,17)(H,16,18). The number of nitrogens with zero attached hydrogens (tertiary/aromatic N) is 1. The van der Waals surface area contributed by atoms with Gasteiger partial charge in [-0.2, -0.15) is 0 Å². The van der Waals surface area contributed by atoms with Crippen LogP contribution in [0.25, 0.3) is 0 Å². The summed E-state index contributed by atoms with van der Waals surface area (Å²) < 4.78 is 0.966. The van der Waals surface area contributed by atoms with Crippen LogP contribution in [0.15, 0.2) is 27.8 Å². The third-order valence-corrected chi connectivity index (χ3v) is 3.72. The topological polar surface area (TPSA) is 87.7 Å². The minimum atomic E-state index is -0.159. The molecule has 0 heterocycles. The van der Waals surface area contributed by atoms with Gasteiger partial charge in [0, 0.05) is 22.5 Å². The molecular weight excluding hydrogens is 310 g/mol. The number of nitrogens with two attached hydrogens (primary N) is 1. The molecule has 1 amide bonds. The molecule has 6 heteroatoms. The Kier molecular flexibility index (Phi) is 5.82. The lowest BCUT2D eigenvalue weighted by atomic mass is 10.1. The summed E-state index contributed by atoms with van der Waals surface area (Å²) in [6.07, 6.45) is 1.03. The summed E-state index contributed by atoms with van der Waals surface area (Å²) in [6.45, 7) is 3.86. The molecule has 5 nitrogen and oxygen atoms in total. The van der Waals surface area contributed by atoms with Crippen molar-refractivity contribution < 1.29 is 10.0 Å². The van der Waals surface area contributed by atoms with Gasteiger partial charge in [0.05, 0.1) is 0 Å². The van der Waals surface area contributed by atoms with Crippen LogP contribution in [0.1, 0.15) is 35.7 Å². The maximum absolute atomic E-state index is 12.1. The largest absolute Gasteiger partial charge is 0.409 e. The number of benzene rings is 1. The second kappa shape index (κ2) is 7.13. The Balaban J connectivity index is 2.74. The number of hydrogen-bond donors (Lipinski definition) is 3. The van der Waals surface area contributed by atoms with Crippen LogP contribution in [0, 0.1) is 6.92 Å². The number of amides is 1. The third kappa shape index (κ3) is 4.55. The van der Waals surface area contributed by atoms with Crippen LogP contribution in [0.3, 0.4) is 0 Å². The molecule has 0 bridgehead atoms. The van der Waals surface area contributed by atoms with E-state index in [0.717, 1.165) is 10.0 Å². The van der Waals surface area contributed by atoms with E-state index in [9.17, 15) is 4.79 Å². The summed E-state index contributed by atoms with van der Waals surface area (Å²) in [4.78, 5) is 12.1. The van der Waals surface area contributed by atoms with E-state index >= 15 is 0 Å². The number of halogens is 1. The van der Waals surface area contributed by atoms with Crippen molar-refractivity contribution in [1.82, 2.24) is 5.32 Å². The molecule has 1 aromatic rings. The summed E-state index contributed by atoms with van der Waals surface area (Å²) in [6, 6.07) is 5.26. The normalized spacial score (nSPS) is 13.1. The van der Waals surface area contributed by atoms with Crippen molar-refractivity contribution in [2.24, 2.45) is 10.9 Å². The summed E-state index contributed by atoms with van der Waals surface area (Å²) >= 11 is 3.39. The Bertz CT molecular complexity index is 489. The van der Waals surface area contributed by atoms with Gasteiger partial charge >= 0.3 is 0 Å². The average Bonchev–Trinajstić information content (AvgIpc) is 2.40. The number of hydrogen-bond acceptors (Lipinski definition) is 3. The monoisotopic (exact) mass is 327 g/mol. The molecule has 4 N–H and O–H groups in total. The Morgan fingerprint density at radius 2 is 2.26 bits per heavy atom. The lowest BCUT2D eigenvalue weighted by Gasteiger charge is -2.16. The van der Waals surface area contributed by atoms with E-state index in [1.807, 2.05) is 26.0 Å². The van der Waals surface area contributed by atoms with Crippen molar-refractivity contribution in [2.75, 3.05) is 0 Å². The van der Waals surface area contributed by atoms with E-state index < -0.39 is 0 Å². The highest BCUT2D eigenvalue weighted by Crippen LogP contribution is 2.17. The van der Waals surface area contributed by atoms with Crippen LogP contribution in [0.5, 0.6) is 0 Å². The third-order valence-electron chi connectivity index (χ3n) is 2.83. The van der Waals surface area contributed by atoms with Gasteiger partial charge in [0.1, 0.15) is 5.84 Å². The number of nitrogens with one attached hydrogen (secondary N) is 1. The van der Waals surface area contributed by atoms with E-state index in [1.54, 1.807) is 6.07 Å². The molecule has 0 saturated carbocycles. The zero-order valence-corrected chi connectivity index (χ0v) is 12.6. The van der Waals surface area contributed by atoms with Crippen molar-refractivity contribution in [2.45, 2.75) is 32.7 Å². The van der Waals surface area contributed by atoms with Gasteiger partial charge in [-0.05, 0) is 37.1 Å². The quantitative estimate of drug-likeness (QED) is 0.336. The first kappa shape index (κ1) is 15.5. The summed E-state index contributed by atoms with van der Waals surface area (Å²) in [5.41, 5.74) is 7.04. The predicted octanol–water partition coefficient (Wildman–Crippen LogP) is 2.40. The van der Waals surface area contributed by atoms with E-state index in [0.29, 0.717) is 18.4 Å². The van der Waals surface area contributed by atoms with Gasteiger partial charge in [-0.3, -0.25) is 4.79 Å². The number of rotatable bonds is 5. The van der Waals surface area contributed by atoms with E-state index in [-0.39, 0.29) is 17.8 Å². The Morgan fingerprint density at radius 3 is 2.79 bits per heavy atom. The van der Waals surface area contributed by atoms with E-state index in [1.165, 1.54) is 0 Å². The molecule has 104 valence electrons. The first-order chi connectivity index (χ1) is 8.97. The number of carbonyl (C=O) groups excluding carboxylic acids is 1. The van der Waals surface area contributed by atoms with Gasteiger partial charge < -0.3 is 16.3 Å². The summed E-state index contributed by atoms with van der Waals surface area (Å²) in [5.74, 6) is -0.0488. The van der Waals surface area contributed by atoms with E-state index in [2.05, 4.69) is 26.4 Å². The van der Waals surface area contributed by atoms with Crippen molar-refractivity contribution in [3.05, 3.63) is 33.8 Å². The molecule has 0 radical (unpaired) electrons. The van der Waals surface area contributed by atoms with Crippen LogP contribution < -0.4 is 11.1 Å². The van der Waals surface area contributed by atoms with E-state index in [4.69, 9.17) is 10.9 Å². The first-order valence-electron chi connectivity index (χ1n) is 6.01. The summed E-state index contributed by atoms with van der Waals surface area (Å²) in [7, 11) is 0. The number of carbonyl (C=O) groups is 1. The molecule has 0 aliphatic rings. The smallest absolute Gasteiger partial charge is 0.251 e. The predicted molar refractivity (Wildman–Crippen MR) is 78.5 cm³/mol. The van der Waals surface area contributed by atoms with Gasteiger partial charge in [0.25, 0.3) is 5.91 Å². The summed E-state index contributed by atoms with van der Waals surface area (Å²) in [5, 5.41) is 14.3. The van der Waals surface area contributed by atoms with Crippen molar-refractivity contribution >= 4 is 27.7 Å². The molecule has 19 heavy (non-hydrogen) atoms. The fourth-order valence-electron chi connectivity index (χ4n) is 1.65. The van der Waals surface area contributed by atoms with Gasteiger partial charge in [0.15, 0.2) is 0 Å². The highest BCUT2D eigenvalue weighted by atomic mass is 79.9. The molecule has 0 aliphatic heterocycles. The molecule has 1 atom stereocenters. The number of oxime groups is 1. The van der Waals surface area contributed by atoms with Crippen molar-refractivity contribution in [1.29, 1.82) is 0 Å². The van der Waals surface area contributed by atoms with Crippen LogP contribution in [0.2, 0.25) is 0 Å². The highest BCUT2D eigenvalue weighted by Gasteiger charge is 2.14. The molecule has 0 aromatic heterocycles. The van der Waals surface area contributed by atoms with Crippen LogP contribution in [-0.2, 0) is 0 Å². The SMILES string of the molecule is CCC(C/C(N)=N/O)NC(=O)c1ccc(Br)c(C)c1. The van der Waals surface area contributed by atoms with Crippen molar-refractivity contribution in [3.63, 3.8) is 0 Å². The lowest BCUT2D eigenvalue weighted by Crippen LogP contribution is -2.37. The van der Waals surface area contributed by atoms with Crippen LogP contribution >= 0.6 is 15.9 Å². The fraction of sp³-hybridized carbons (Fsp3) is 0.385. The molecule has 1 rings (SSSR count). The van der Waals surface area contributed by atoms with Gasteiger partial charge in [-0.25, -0.2) is 0 Å². The lowest BCUT2D eigenvalue weighted by molar-refractivity contribution is 0.0937. The zero-order chi connectivity index (χ0) is 14.4. The molecular formula is C13H18BrN3O2. The van der Waals surface area contributed by atoms with Crippen LogP contribution in [-0.4, -0.2) is 23.0 Å². The Morgan fingerprint density at radius 1 is 1.58 bits per heavy atom. The highest BCUT2D eigenvalue weighted by molar-refractivity contribution is 9.10. The van der Waals surface area contributed by atoms with Crippen LogP contribution in [0.4, 0.5) is 0 Å². The molecule has 0 spiro atoms. The minimum absolute atomic E-state index is 0.110. The molecule has 0 aliphatic carbocycles. The fourth-order valence-corrected chi connectivity index (χ4v) is 1.89. The maximum atomic E-state index is 12.1. The Labute approximate surface area is 121 Å². The number of amidine groups is 1. The maximum Gasteiger partial charge on any atom is 0.251 e. The number of aryl methyl sites for hydroxylation is 1. The molecule has 0 fully saturated rings. The first-order valence-corrected chi connectivity index (χ1v) is 6.80. The molecule has 1 unspecified atom stereocenters. The molecule has 0 saturated heterocycles. The zero-order valence-electron chi connectivity index (χ0n) is 11.0. The second-order valence-corrected chi connectivity index (χ2v) is 5.19. The molecule has 1 aromatic carbocycles. The average molecular weight is 328 g/mol. The second-order valence-electron chi connectivity index (χ2n) is 4.34. The van der Waals surface area contributed by atoms with Gasteiger partial charge in [-0.1, -0.05) is 28.0 Å². The van der Waals surface area contributed by atoms with Gasteiger partial charge in [-0.15, -0.1) is 0 Å².